The second-order valence-corrected chi connectivity index (χ2v) is 11.5. The molecule has 3 aliphatic heterocycles. The zero-order valence-electron chi connectivity index (χ0n) is 23.4. The van der Waals surface area contributed by atoms with Crippen LogP contribution in [0.3, 0.4) is 0 Å². The third-order valence-electron chi connectivity index (χ3n) is 8.47. The Morgan fingerprint density at radius 2 is 1.52 bits per heavy atom. The summed E-state index contributed by atoms with van der Waals surface area (Å²) < 4.78 is 35.5. The Hall–Kier alpha value is -0.720. The van der Waals surface area contributed by atoms with Gasteiger partial charge in [-0.25, -0.2) is 0 Å². The van der Waals surface area contributed by atoms with Gasteiger partial charge in [0.15, 0.2) is 18.9 Å². The number of hydrogen-bond acceptors (Lipinski definition) is 18. The molecule has 0 aromatic carbocycles. The van der Waals surface area contributed by atoms with Gasteiger partial charge < -0.3 is 93.0 Å². The van der Waals surface area contributed by atoms with Crippen molar-refractivity contribution in [3.05, 3.63) is 0 Å². The maximum atomic E-state index is 11.3. The lowest BCUT2D eigenvalue weighted by Gasteiger charge is -2.51. The van der Waals surface area contributed by atoms with E-state index in [0.29, 0.717) is 0 Å². The second kappa shape index (κ2) is 14.6. The average molecular weight is 613 g/mol. The zero-order valence-corrected chi connectivity index (χ0v) is 23.4. The highest BCUT2D eigenvalue weighted by atomic mass is 16.8. The van der Waals surface area contributed by atoms with Gasteiger partial charge >= 0.3 is 0 Å². The van der Waals surface area contributed by atoms with E-state index in [-0.39, 0.29) is 26.0 Å². The topological polar surface area (TPSA) is 319 Å². The van der Waals surface area contributed by atoms with Crippen molar-refractivity contribution in [3.63, 3.8) is 0 Å². The standard InChI is InChI=1S/C24H48N6O12/c1-30-14-17(35)20-11(38-23(14)42-24-18(36)16(34)13(29)12(5-31)39-24)3-10(28)22(41-20)40-19-9(27)2-8(26)15(33)21(19)37-6-7(32)4-25/h7-24,30-36H,2-6,25-29H2,1H3/t7?,8-,9?,10?,11+,12?,13-,14+,15-,16+,17?,18?,19-,20?,21-,22+,23-,24-/m1/s1. The van der Waals surface area contributed by atoms with Crippen LogP contribution in [0.1, 0.15) is 12.8 Å². The number of hydrogen-bond donors (Lipinski definition) is 12. The van der Waals surface area contributed by atoms with Crippen LogP contribution in [-0.4, -0.2) is 168 Å². The van der Waals surface area contributed by atoms with Crippen molar-refractivity contribution >= 4 is 0 Å². The van der Waals surface area contributed by atoms with Gasteiger partial charge in [0, 0.05) is 18.6 Å². The lowest BCUT2D eigenvalue weighted by molar-refractivity contribution is -0.373. The van der Waals surface area contributed by atoms with Gasteiger partial charge in [-0.05, 0) is 19.9 Å². The minimum Gasteiger partial charge on any atom is -0.394 e. The Morgan fingerprint density at radius 3 is 2.17 bits per heavy atom. The summed E-state index contributed by atoms with van der Waals surface area (Å²) in [6.45, 7) is -0.751. The van der Waals surface area contributed by atoms with Crippen molar-refractivity contribution in [1.29, 1.82) is 0 Å². The first kappa shape index (κ1) is 34.2. The molecular formula is C24H48N6O12. The van der Waals surface area contributed by atoms with E-state index in [9.17, 15) is 30.6 Å². The smallest absolute Gasteiger partial charge is 0.189 e. The van der Waals surface area contributed by atoms with Crippen LogP contribution in [0, 0.1) is 0 Å². The summed E-state index contributed by atoms with van der Waals surface area (Å²) in [5.41, 5.74) is 30.1. The SMILES string of the molecule is CN[C@H]1C(O)C2O[C@H](O[C@@H]3C(N)C[C@@H](N)[C@@H](O)[C@H]3OCC(O)CN)C(N)C[C@@H]2O[C@@H]1O[C@H]1OC(CO)[C@@H](N)[C@H](O)C1O. The van der Waals surface area contributed by atoms with Crippen molar-refractivity contribution < 1.29 is 59.1 Å². The molecule has 246 valence electrons. The van der Waals surface area contributed by atoms with Gasteiger partial charge in [-0.15, -0.1) is 0 Å². The predicted octanol–water partition coefficient (Wildman–Crippen LogP) is -7.61. The highest BCUT2D eigenvalue weighted by Gasteiger charge is 2.54. The Labute approximate surface area is 243 Å². The number of nitrogens with two attached hydrogens (primary N) is 5. The van der Waals surface area contributed by atoms with Crippen molar-refractivity contribution in [1.82, 2.24) is 5.32 Å². The van der Waals surface area contributed by atoms with Gasteiger partial charge in [0.2, 0.25) is 0 Å². The number of aliphatic hydroxyl groups is 6. The lowest BCUT2D eigenvalue weighted by Crippen LogP contribution is -2.70. The molecule has 42 heavy (non-hydrogen) atoms. The third kappa shape index (κ3) is 7.06. The quantitative estimate of drug-likeness (QED) is 0.109. The van der Waals surface area contributed by atoms with Gasteiger partial charge in [-0.1, -0.05) is 0 Å². The largest absolute Gasteiger partial charge is 0.394 e. The first-order valence-corrected chi connectivity index (χ1v) is 14.2. The third-order valence-corrected chi connectivity index (χ3v) is 8.47. The van der Waals surface area contributed by atoms with Crippen LogP contribution < -0.4 is 34.0 Å². The average Bonchev–Trinajstić information content (AvgIpc) is 2.96. The maximum Gasteiger partial charge on any atom is 0.189 e. The zero-order chi connectivity index (χ0) is 30.9. The number of likely N-dealkylation sites (N-methyl/N-ethyl adjacent to an activating group) is 1. The van der Waals surface area contributed by atoms with Crippen molar-refractivity contribution in [3.8, 4) is 0 Å². The molecule has 4 aliphatic rings. The van der Waals surface area contributed by atoms with Crippen LogP contribution in [0.15, 0.2) is 0 Å². The highest BCUT2D eigenvalue weighted by Crippen LogP contribution is 2.35. The Bertz CT molecular complexity index is 852. The molecule has 0 radical (unpaired) electrons. The summed E-state index contributed by atoms with van der Waals surface area (Å²) in [6, 6.07) is -4.08. The molecule has 4 rings (SSSR count). The molecule has 0 aromatic rings. The maximum absolute atomic E-state index is 11.3. The molecule has 0 amide bonds. The first-order valence-electron chi connectivity index (χ1n) is 14.2. The molecule has 18 nitrogen and oxygen atoms in total. The Morgan fingerprint density at radius 1 is 0.810 bits per heavy atom. The van der Waals surface area contributed by atoms with E-state index >= 15 is 0 Å². The molecule has 0 bridgehead atoms. The minimum atomic E-state index is -1.55. The first-order chi connectivity index (χ1) is 19.9. The summed E-state index contributed by atoms with van der Waals surface area (Å²) in [7, 11) is 1.55. The number of aliphatic hydroxyl groups excluding tert-OH is 6. The van der Waals surface area contributed by atoms with Gasteiger partial charge in [-0.3, -0.25) is 0 Å². The van der Waals surface area contributed by atoms with Crippen LogP contribution in [0.4, 0.5) is 0 Å². The molecule has 1 saturated carbocycles. The van der Waals surface area contributed by atoms with Gasteiger partial charge in [0.05, 0.1) is 49.7 Å². The van der Waals surface area contributed by atoms with Crippen molar-refractivity contribution in [2.45, 2.75) is 123 Å². The van der Waals surface area contributed by atoms with Crippen LogP contribution in [0.5, 0.6) is 0 Å². The fourth-order valence-electron chi connectivity index (χ4n) is 5.92. The summed E-state index contributed by atoms with van der Waals surface area (Å²) in [6.07, 6.45) is -14.3. The molecule has 17 N–H and O–H groups in total. The predicted molar refractivity (Wildman–Crippen MR) is 142 cm³/mol. The summed E-state index contributed by atoms with van der Waals surface area (Å²) in [5, 5.41) is 65.1. The molecular weight excluding hydrogens is 564 g/mol. The number of fused-ring (bicyclic) bond motifs is 1. The Balaban J connectivity index is 1.44. The minimum absolute atomic E-state index is 0.0523. The Kier molecular flexibility index (Phi) is 11.9. The number of nitrogens with one attached hydrogen (secondary N) is 1. The van der Waals surface area contributed by atoms with E-state index in [0.717, 1.165) is 0 Å². The van der Waals surface area contributed by atoms with E-state index < -0.39 is 117 Å². The fraction of sp³-hybridized carbons (Fsp3) is 1.00. The second-order valence-electron chi connectivity index (χ2n) is 11.5. The molecule has 0 aromatic heterocycles. The summed E-state index contributed by atoms with van der Waals surface area (Å²) >= 11 is 0. The van der Waals surface area contributed by atoms with E-state index in [4.69, 9.17) is 57.1 Å². The van der Waals surface area contributed by atoms with Crippen LogP contribution >= 0.6 is 0 Å². The van der Waals surface area contributed by atoms with Crippen molar-refractivity contribution in [2.75, 3.05) is 26.8 Å². The number of rotatable bonds is 10. The van der Waals surface area contributed by atoms with E-state index in [1.807, 2.05) is 0 Å². The molecule has 3 heterocycles. The van der Waals surface area contributed by atoms with Crippen LogP contribution in [0.25, 0.3) is 0 Å². The van der Waals surface area contributed by atoms with Crippen LogP contribution in [-0.2, 0) is 28.4 Å². The molecule has 18 atom stereocenters. The molecule has 3 saturated heterocycles. The normalized spacial score (nSPS) is 50.7. The lowest BCUT2D eigenvalue weighted by atomic mass is 9.84. The molecule has 18 heteroatoms. The van der Waals surface area contributed by atoms with E-state index in [2.05, 4.69) is 5.32 Å². The van der Waals surface area contributed by atoms with Gasteiger partial charge in [-0.2, -0.15) is 0 Å². The molecule has 4 fully saturated rings. The van der Waals surface area contributed by atoms with Crippen molar-refractivity contribution in [2.24, 2.45) is 28.7 Å². The van der Waals surface area contributed by atoms with Gasteiger partial charge in [0.25, 0.3) is 0 Å². The number of ether oxygens (including phenoxy) is 6. The van der Waals surface area contributed by atoms with E-state index in [1.165, 1.54) is 0 Å². The molecule has 1 aliphatic carbocycles. The van der Waals surface area contributed by atoms with Gasteiger partial charge in [0.1, 0.15) is 42.7 Å². The fourth-order valence-corrected chi connectivity index (χ4v) is 5.92. The van der Waals surface area contributed by atoms with Crippen LogP contribution in [0.2, 0.25) is 0 Å². The van der Waals surface area contributed by atoms with E-state index in [1.54, 1.807) is 7.05 Å². The molecule has 0 spiro atoms. The summed E-state index contributed by atoms with van der Waals surface area (Å²) in [4.78, 5) is 0. The molecule has 7 unspecified atom stereocenters. The summed E-state index contributed by atoms with van der Waals surface area (Å²) in [5.74, 6) is 0. The monoisotopic (exact) mass is 612 g/mol. The highest BCUT2D eigenvalue weighted by molar-refractivity contribution is 5.02.